The molecule has 0 amide bonds. The molecule has 1 aliphatic heterocycles. The SMILES string of the molecule is CCF.CCF.FC1COC(F)C1. The van der Waals surface area contributed by atoms with Crippen LogP contribution >= 0.6 is 0 Å². The molecule has 1 fully saturated rings. The second-order valence-electron chi connectivity index (χ2n) is 2.11. The van der Waals surface area contributed by atoms with Gasteiger partial charge in [-0.1, -0.05) is 0 Å². The molecular weight excluding hydrogens is 188 g/mol. The number of hydrogen-bond acceptors (Lipinski definition) is 1. The zero-order valence-electron chi connectivity index (χ0n) is 7.90. The lowest BCUT2D eigenvalue weighted by molar-refractivity contribution is 0.00800. The van der Waals surface area contributed by atoms with Gasteiger partial charge in [0, 0.05) is 6.42 Å². The molecule has 2 atom stereocenters. The summed E-state index contributed by atoms with van der Waals surface area (Å²) >= 11 is 0. The molecule has 13 heavy (non-hydrogen) atoms. The van der Waals surface area contributed by atoms with E-state index in [1.807, 2.05) is 0 Å². The van der Waals surface area contributed by atoms with Crippen LogP contribution in [0, 0.1) is 0 Å². The highest BCUT2D eigenvalue weighted by molar-refractivity contribution is 4.63. The van der Waals surface area contributed by atoms with Crippen LogP contribution in [0.3, 0.4) is 0 Å². The monoisotopic (exact) mass is 204 g/mol. The lowest BCUT2D eigenvalue weighted by Gasteiger charge is -1.89. The van der Waals surface area contributed by atoms with Gasteiger partial charge in [-0.25, -0.2) is 8.78 Å². The Morgan fingerprint density at radius 2 is 1.54 bits per heavy atom. The van der Waals surface area contributed by atoms with E-state index in [9.17, 15) is 17.6 Å². The average Bonchev–Trinajstić information content (AvgIpc) is 2.38. The summed E-state index contributed by atoms with van der Waals surface area (Å²) in [5, 5.41) is 0. The van der Waals surface area contributed by atoms with Crippen LogP contribution in [0.5, 0.6) is 0 Å². The van der Waals surface area contributed by atoms with Crippen LogP contribution in [0.25, 0.3) is 0 Å². The summed E-state index contributed by atoms with van der Waals surface area (Å²) < 4.78 is 48.3. The fourth-order valence-corrected chi connectivity index (χ4v) is 0.546. The molecule has 1 nitrogen and oxygen atoms in total. The van der Waals surface area contributed by atoms with Gasteiger partial charge < -0.3 is 4.74 Å². The standard InChI is InChI=1S/C4H6F2O.2C2H5F/c5-3-1-4(6)7-2-3;2*1-2-3/h3-4H,1-2H2;2*2H2,1H3. The number of ether oxygens (including phenoxy) is 1. The molecule has 0 aromatic carbocycles. The maximum Gasteiger partial charge on any atom is 0.201 e. The van der Waals surface area contributed by atoms with Crippen LogP contribution in [0.15, 0.2) is 0 Å². The van der Waals surface area contributed by atoms with Gasteiger partial charge >= 0.3 is 0 Å². The van der Waals surface area contributed by atoms with E-state index in [1.165, 1.54) is 13.8 Å². The molecule has 1 saturated heterocycles. The molecular formula is C8H16F4O. The summed E-state index contributed by atoms with van der Waals surface area (Å²) in [6, 6.07) is 0. The Kier molecular flexibility index (Phi) is 13.6. The second-order valence-corrected chi connectivity index (χ2v) is 2.11. The molecule has 1 rings (SSSR count). The predicted molar refractivity (Wildman–Crippen MR) is 43.7 cm³/mol. The Hall–Kier alpha value is -0.320. The zero-order valence-corrected chi connectivity index (χ0v) is 7.90. The second kappa shape index (κ2) is 11.7. The molecule has 1 aliphatic rings. The van der Waals surface area contributed by atoms with Crippen molar-refractivity contribution >= 4 is 0 Å². The van der Waals surface area contributed by atoms with Crippen LogP contribution in [0.2, 0.25) is 0 Å². The molecule has 1 heterocycles. The average molecular weight is 204 g/mol. The van der Waals surface area contributed by atoms with Gasteiger partial charge in [0.1, 0.15) is 6.17 Å². The quantitative estimate of drug-likeness (QED) is 0.551. The fourth-order valence-electron chi connectivity index (χ4n) is 0.546. The third-order valence-electron chi connectivity index (χ3n) is 0.899. The molecule has 82 valence electrons. The first kappa shape index (κ1) is 15.2. The number of halogens is 4. The number of rotatable bonds is 0. The van der Waals surface area contributed by atoms with Gasteiger partial charge in [-0.15, -0.1) is 0 Å². The molecule has 0 aromatic heterocycles. The molecule has 0 aliphatic carbocycles. The van der Waals surface area contributed by atoms with Crippen molar-refractivity contribution in [2.24, 2.45) is 0 Å². The van der Waals surface area contributed by atoms with E-state index in [-0.39, 0.29) is 26.4 Å². The number of hydrogen-bond donors (Lipinski definition) is 0. The first-order valence-electron chi connectivity index (χ1n) is 4.13. The van der Waals surface area contributed by atoms with Crippen LogP contribution in [0.4, 0.5) is 17.6 Å². The summed E-state index contributed by atoms with van der Waals surface area (Å²) in [5.74, 6) is 0. The fraction of sp³-hybridized carbons (Fsp3) is 1.00. The van der Waals surface area contributed by atoms with Crippen molar-refractivity contribution in [2.45, 2.75) is 32.8 Å². The Morgan fingerprint density at radius 3 is 1.62 bits per heavy atom. The Balaban J connectivity index is 0. The van der Waals surface area contributed by atoms with Gasteiger partial charge in [0.15, 0.2) is 0 Å². The normalized spacial score (nSPS) is 25.4. The van der Waals surface area contributed by atoms with Crippen LogP contribution in [-0.2, 0) is 4.74 Å². The molecule has 0 saturated carbocycles. The first-order valence-corrected chi connectivity index (χ1v) is 4.13. The van der Waals surface area contributed by atoms with E-state index in [4.69, 9.17) is 0 Å². The summed E-state index contributed by atoms with van der Waals surface area (Å²) in [4.78, 5) is 0. The summed E-state index contributed by atoms with van der Waals surface area (Å²) in [6.45, 7) is 2.35. The molecule has 0 radical (unpaired) electrons. The van der Waals surface area contributed by atoms with Crippen LogP contribution in [-0.4, -0.2) is 32.5 Å². The Morgan fingerprint density at radius 1 is 1.15 bits per heavy atom. The van der Waals surface area contributed by atoms with Gasteiger partial charge in [0.25, 0.3) is 0 Å². The Bertz CT molecular complexity index is 82.2. The van der Waals surface area contributed by atoms with Crippen molar-refractivity contribution < 1.29 is 22.3 Å². The minimum absolute atomic E-state index is 0.0683. The summed E-state index contributed by atoms with van der Waals surface area (Å²) in [5.41, 5.74) is 0. The van der Waals surface area contributed by atoms with Crippen molar-refractivity contribution in [3.63, 3.8) is 0 Å². The van der Waals surface area contributed by atoms with E-state index in [0.29, 0.717) is 0 Å². The predicted octanol–water partition coefficient (Wildman–Crippen LogP) is 2.99. The molecule has 0 aromatic rings. The minimum atomic E-state index is -1.35. The van der Waals surface area contributed by atoms with Gasteiger partial charge in [0.05, 0.1) is 20.0 Å². The topological polar surface area (TPSA) is 9.23 Å². The van der Waals surface area contributed by atoms with Crippen molar-refractivity contribution in [1.29, 1.82) is 0 Å². The first-order chi connectivity index (χ1) is 6.12. The Labute approximate surface area is 76.1 Å². The van der Waals surface area contributed by atoms with Gasteiger partial charge in [0.2, 0.25) is 6.36 Å². The van der Waals surface area contributed by atoms with E-state index in [0.717, 1.165) is 0 Å². The van der Waals surface area contributed by atoms with Crippen LogP contribution in [0.1, 0.15) is 20.3 Å². The minimum Gasteiger partial charge on any atom is -0.345 e. The third kappa shape index (κ3) is 14.5. The smallest absolute Gasteiger partial charge is 0.201 e. The van der Waals surface area contributed by atoms with E-state index in [2.05, 4.69) is 4.74 Å². The zero-order chi connectivity index (χ0) is 10.7. The summed E-state index contributed by atoms with van der Waals surface area (Å²) in [7, 11) is 0. The van der Waals surface area contributed by atoms with Crippen molar-refractivity contribution in [2.75, 3.05) is 20.0 Å². The van der Waals surface area contributed by atoms with Gasteiger partial charge in [-0.05, 0) is 13.8 Å². The molecule has 0 spiro atoms. The van der Waals surface area contributed by atoms with Gasteiger partial charge in [-0.3, -0.25) is 8.78 Å². The molecule has 0 N–H and O–H groups in total. The van der Waals surface area contributed by atoms with Crippen molar-refractivity contribution in [3.8, 4) is 0 Å². The van der Waals surface area contributed by atoms with E-state index in [1.54, 1.807) is 0 Å². The lowest BCUT2D eigenvalue weighted by Crippen LogP contribution is -1.95. The van der Waals surface area contributed by atoms with Crippen molar-refractivity contribution in [1.82, 2.24) is 0 Å². The van der Waals surface area contributed by atoms with Crippen molar-refractivity contribution in [3.05, 3.63) is 0 Å². The molecule has 5 heteroatoms. The maximum absolute atomic E-state index is 11.8. The maximum atomic E-state index is 11.8. The van der Waals surface area contributed by atoms with Crippen LogP contribution < -0.4 is 0 Å². The molecule has 0 bridgehead atoms. The van der Waals surface area contributed by atoms with E-state index < -0.39 is 12.5 Å². The molecule has 2 unspecified atom stereocenters. The summed E-state index contributed by atoms with van der Waals surface area (Å²) in [6.07, 6.45) is -2.51. The lowest BCUT2D eigenvalue weighted by atomic mass is 10.3. The highest BCUT2D eigenvalue weighted by Crippen LogP contribution is 2.15. The van der Waals surface area contributed by atoms with Gasteiger partial charge in [-0.2, -0.15) is 0 Å². The highest BCUT2D eigenvalue weighted by Gasteiger charge is 2.23. The largest absolute Gasteiger partial charge is 0.345 e. The highest BCUT2D eigenvalue weighted by atomic mass is 19.2. The van der Waals surface area contributed by atoms with E-state index >= 15 is 0 Å². The third-order valence-corrected chi connectivity index (χ3v) is 0.899. The number of alkyl halides is 4.